The zero-order valence-corrected chi connectivity index (χ0v) is 8.02. The van der Waals surface area contributed by atoms with Crippen LogP contribution in [0.1, 0.15) is 24.7 Å². The lowest BCUT2D eigenvalue weighted by Crippen LogP contribution is -2.25. The molecule has 1 aromatic rings. The SMILES string of the molecule is Nc1noc([C@H]2CN3CCC[C@H]2C3)n1. The highest BCUT2D eigenvalue weighted by Gasteiger charge is 2.39. The lowest BCUT2D eigenvalue weighted by molar-refractivity contribution is 0.268. The van der Waals surface area contributed by atoms with Crippen LogP contribution in [0.15, 0.2) is 4.52 Å². The van der Waals surface area contributed by atoms with Gasteiger partial charge in [0.2, 0.25) is 5.89 Å². The van der Waals surface area contributed by atoms with Crippen molar-refractivity contribution in [3.05, 3.63) is 5.89 Å². The Balaban J connectivity index is 1.85. The molecule has 2 N–H and O–H groups in total. The molecule has 2 aliphatic rings. The predicted molar refractivity (Wildman–Crippen MR) is 50.6 cm³/mol. The van der Waals surface area contributed by atoms with Crippen molar-refractivity contribution in [1.29, 1.82) is 0 Å². The summed E-state index contributed by atoms with van der Waals surface area (Å²) in [5.41, 5.74) is 5.45. The molecular weight excluding hydrogens is 180 g/mol. The lowest BCUT2D eigenvalue weighted by atomic mass is 9.91. The van der Waals surface area contributed by atoms with E-state index in [1.807, 2.05) is 0 Å². The summed E-state index contributed by atoms with van der Waals surface area (Å²) in [4.78, 5) is 6.60. The van der Waals surface area contributed by atoms with E-state index in [4.69, 9.17) is 10.3 Å². The largest absolute Gasteiger partial charge is 0.365 e. The molecule has 0 aliphatic carbocycles. The molecule has 0 amide bonds. The monoisotopic (exact) mass is 194 g/mol. The molecule has 5 heteroatoms. The molecule has 3 rings (SSSR count). The number of nitrogens with zero attached hydrogens (tertiary/aromatic N) is 3. The second-order valence-electron chi connectivity index (χ2n) is 4.26. The Bertz CT molecular complexity index is 337. The minimum Gasteiger partial charge on any atom is -0.365 e. The summed E-state index contributed by atoms with van der Waals surface area (Å²) in [7, 11) is 0. The second kappa shape index (κ2) is 2.95. The van der Waals surface area contributed by atoms with Crippen molar-refractivity contribution in [3.8, 4) is 0 Å². The van der Waals surface area contributed by atoms with E-state index in [2.05, 4.69) is 15.0 Å². The van der Waals surface area contributed by atoms with Gasteiger partial charge in [-0.05, 0) is 30.5 Å². The van der Waals surface area contributed by atoms with Crippen LogP contribution in [0.25, 0.3) is 0 Å². The van der Waals surface area contributed by atoms with Gasteiger partial charge < -0.3 is 15.2 Å². The van der Waals surface area contributed by atoms with Crippen LogP contribution in [-0.4, -0.2) is 34.7 Å². The Morgan fingerprint density at radius 3 is 3.07 bits per heavy atom. The number of nitrogens with two attached hydrogens (primary N) is 1. The number of fused-ring (bicyclic) bond motifs is 2. The fourth-order valence-corrected chi connectivity index (χ4v) is 2.69. The van der Waals surface area contributed by atoms with E-state index in [9.17, 15) is 0 Å². The predicted octanol–water partition coefficient (Wildman–Crippen LogP) is 0.461. The quantitative estimate of drug-likeness (QED) is 0.703. The fourth-order valence-electron chi connectivity index (χ4n) is 2.69. The first-order valence-corrected chi connectivity index (χ1v) is 5.14. The summed E-state index contributed by atoms with van der Waals surface area (Å²) in [6, 6.07) is 0. The molecule has 0 radical (unpaired) electrons. The third kappa shape index (κ3) is 1.19. The summed E-state index contributed by atoms with van der Waals surface area (Å²) in [5.74, 6) is 2.11. The van der Waals surface area contributed by atoms with Gasteiger partial charge in [0.15, 0.2) is 0 Å². The van der Waals surface area contributed by atoms with E-state index in [1.165, 1.54) is 25.9 Å². The van der Waals surface area contributed by atoms with Crippen molar-refractivity contribution in [2.24, 2.45) is 5.92 Å². The molecule has 0 spiro atoms. The zero-order valence-electron chi connectivity index (χ0n) is 8.02. The molecule has 0 aromatic carbocycles. The maximum absolute atomic E-state index is 5.45. The zero-order chi connectivity index (χ0) is 9.54. The van der Waals surface area contributed by atoms with Gasteiger partial charge >= 0.3 is 0 Å². The van der Waals surface area contributed by atoms with Gasteiger partial charge in [-0.15, -0.1) is 0 Å². The number of aromatic nitrogens is 2. The van der Waals surface area contributed by atoms with Crippen LogP contribution < -0.4 is 5.73 Å². The number of hydrogen-bond acceptors (Lipinski definition) is 5. The van der Waals surface area contributed by atoms with E-state index < -0.39 is 0 Å². The van der Waals surface area contributed by atoms with E-state index in [1.54, 1.807) is 0 Å². The number of piperidine rings is 1. The average molecular weight is 194 g/mol. The molecule has 2 aliphatic heterocycles. The van der Waals surface area contributed by atoms with Gasteiger partial charge in [-0.1, -0.05) is 0 Å². The second-order valence-corrected chi connectivity index (χ2v) is 4.26. The fraction of sp³-hybridized carbons (Fsp3) is 0.778. The summed E-state index contributed by atoms with van der Waals surface area (Å²) in [6.07, 6.45) is 2.58. The third-order valence-electron chi connectivity index (χ3n) is 3.34. The highest BCUT2D eigenvalue weighted by molar-refractivity contribution is 5.14. The summed E-state index contributed by atoms with van der Waals surface area (Å²) in [6.45, 7) is 3.47. The van der Waals surface area contributed by atoms with Crippen LogP contribution in [0.3, 0.4) is 0 Å². The molecular formula is C9H14N4O. The van der Waals surface area contributed by atoms with E-state index in [-0.39, 0.29) is 5.95 Å². The summed E-state index contributed by atoms with van der Waals surface area (Å²) < 4.78 is 5.14. The molecule has 2 bridgehead atoms. The molecule has 3 heterocycles. The highest BCUT2D eigenvalue weighted by atomic mass is 16.5. The minimum absolute atomic E-state index is 0.261. The Hall–Kier alpha value is -1.10. The van der Waals surface area contributed by atoms with Gasteiger partial charge in [-0.2, -0.15) is 4.98 Å². The number of rotatable bonds is 1. The summed E-state index contributed by atoms with van der Waals surface area (Å²) in [5, 5.41) is 3.65. The van der Waals surface area contributed by atoms with E-state index in [0.29, 0.717) is 11.8 Å². The summed E-state index contributed by atoms with van der Waals surface area (Å²) >= 11 is 0. The molecule has 2 fully saturated rings. The molecule has 3 atom stereocenters. The average Bonchev–Trinajstić information content (AvgIpc) is 2.71. The van der Waals surface area contributed by atoms with Crippen LogP contribution in [0.4, 0.5) is 5.95 Å². The first-order valence-electron chi connectivity index (χ1n) is 5.14. The van der Waals surface area contributed by atoms with Gasteiger partial charge in [0.05, 0.1) is 5.92 Å². The Kier molecular flexibility index (Phi) is 1.73. The van der Waals surface area contributed by atoms with Crippen molar-refractivity contribution >= 4 is 5.95 Å². The maximum Gasteiger partial charge on any atom is 0.260 e. The van der Waals surface area contributed by atoms with Crippen molar-refractivity contribution in [3.63, 3.8) is 0 Å². The molecule has 2 saturated heterocycles. The van der Waals surface area contributed by atoms with Crippen LogP contribution in [-0.2, 0) is 0 Å². The normalized spacial score (nSPS) is 36.1. The van der Waals surface area contributed by atoms with Crippen molar-refractivity contribution in [2.75, 3.05) is 25.4 Å². The van der Waals surface area contributed by atoms with Crippen LogP contribution >= 0.6 is 0 Å². The van der Waals surface area contributed by atoms with Gasteiger partial charge in [-0.3, -0.25) is 0 Å². The van der Waals surface area contributed by atoms with Crippen LogP contribution in [0.2, 0.25) is 0 Å². The van der Waals surface area contributed by atoms with E-state index in [0.717, 1.165) is 12.4 Å². The van der Waals surface area contributed by atoms with Gasteiger partial charge in [-0.25, -0.2) is 0 Å². The van der Waals surface area contributed by atoms with Crippen molar-refractivity contribution in [2.45, 2.75) is 18.8 Å². The Morgan fingerprint density at radius 1 is 1.43 bits per heavy atom. The number of anilines is 1. The van der Waals surface area contributed by atoms with Gasteiger partial charge in [0.1, 0.15) is 0 Å². The van der Waals surface area contributed by atoms with Crippen LogP contribution in [0.5, 0.6) is 0 Å². The minimum atomic E-state index is 0.261. The first kappa shape index (κ1) is 8.23. The van der Waals surface area contributed by atoms with Crippen molar-refractivity contribution in [1.82, 2.24) is 15.0 Å². The smallest absolute Gasteiger partial charge is 0.260 e. The topological polar surface area (TPSA) is 68.2 Å². The highest BCUT2D eigenvalue weighted by Crippen LogP contribution is 2.37. The maximum atomic E-state index is 5.45. The molecule has 76 valence electrons. The van der Waals surface area contributed by atoms with E-state index >= 15 is 0 Å². The van der Waals surface area contributed by atoms with Crippen LogP contribution in [0, 0.1) is 5.92 Å². The Labute approximate surface area is 82.3 Å². The lowest BCUT2D eigenvalue weighted by Gasteiger charge is -2.21. The standard InChI is InChI=1S/C9H14N4O/c10-9-11-8(14-12-9)7-5-13-3-1-2-6(7)4-13/h6-7H,1-5H2,(H2,10,12)/t6-,7-/m0/s1. The first-order chi connectivity index (χ1) is 6.83. The Morgan fingerprint density at radius 2 is 2.36 bits per heavy atom. The van der Waals surface area contributed by atoms with Gasteiger partial charge in [0, 0.05) is 13.1 Å². The van der Waals surface area contributed by atoms with Crippen molar-refractivity contribution < 1.29 is 4.52 Å². The molecule has 0 saturated carbocycles. The molecule has 14 heavy (non-hydrogen) atoms. The molecule has 5 nitrogen and oxygen atoms in total. The number of hydrogen-bond donors (Lipinski definition) is 1. The third-order valence-corrected chi connectivity index (χ3v) is 3.34. The molecule has 1 aromatic heterocycles. The van der Waals surface area contributed by atoms with Gasteiger partial charge in [0.25, 0.3) is 5.95 Å². The molecule has 1 unspecified atom stereocenters. The number of nitrogen functional groups attached to an aromatic ring is 1.